The van der Waals surface area contributed by atoms with Crippen LogP contribution in [-0.4, -0.2) is 0 Å². The van der Waals surface area contributed by atoms with Crippen molar-refractivity contribution < 1.29 is 28.4 Å². The number of hydrogen-bond donors (Lipinski definition) is 0. The molecule has 23 aromatic carbocycles. The Morgan fingerprint density at radius 2 is 0.355 bits per heavy atom. The number of nitrogens with zero attached hydrogens (tertiary/aromatic N) is 3. The zero-order chi connectivity index (χ0) is 93.0. The minimum absolute atomic E-state index is 0.758. The molecule has 0 N–H and O–H groups in total. The van der Waals surface area contributed by atoms with Gasteiger partial charge in [0.15, 0.2) is 69.0 Å². The van der Waals surface area contributed by atoms with E-state index in [-0.39, 0.29) is 0 Å². The molecular formula is C132H83N3O6. The molecule has 9 heteroatoms. The molecule has 0 unspecified atom stereocenters. The van der Waals surface area contributed by atoms with Gasteiger partial charge in [-0.05, 0) is 276 Å². The van der Waals surface area contributed by atoms with Gasteiger partial charge in [0.2, 0.25) is 0 Å². The molecule has 0 aliphatic carbocycles. The fraction of sp³-hybridized carbons (Fsp3) is 0. The Morgan fingerprint density at radius 3 is 0.745 bits per heavy atom. The first-order chi connectivity index (χ1) is 69.8. The second-order valence-corrected chi connectivity index (χ2v) is 36.1. The molecule has 0 saturated heterocycles. The molecule has 6 aliphatic heterocycles. The van der Waals surface area contributed by atoms with Gasteiger partial charge in [0, 0.05) is 0 Å². The van der Waals surface area contributed by atoms with Crippen LogP contribution in [0.2, 0.25) is 0 Å². The summed E-state index contributed by atoms with van der Waals surface area (Å²) in [5.74, 6) is 9.50. The number of para-hydroxylation sites is 2. The van der Waals surface area contributed by atoms with E-state index in [1.54, 1.807) is 0 Å². The quantitative estimate of drug-likeness (QED) is 0.118. The summed E-state index contributed by atoms with van der Waals surface area (Å²) in [5.41, 5.74) is 33.6. The highest BCUT2D eigenvalue weighted by Gasteiger charge is 2.40. The van der Waals surface area contributed by atoms with Crippen molar-refractivity contribution in [1.29, 1.82) is 0 Å². The molecular weight excluding hydrogens is 1720 g/mol. The Bertz CT molecular complexity index is 8740. The van der Waals surface area contributed by atoms with Crippen molar-refractivity contribution in [3.8, 4) is 191 Å². The van der Waals surface area contributed by atoms with Crippen LogP contribution < -0.4 is 43.1 Å². The average Bonchev–Trinajstić information content (AvgIpc) is 0.724. The van der Waals surface area contributed by atoms with E-state index in [0.717, 1.165) is 220 Å². The summed E-state index contributed by atoms with van der Waals surface area (Å²) in [4.78, 5) is 6.85. The third-order valence-corrected chi connectivity index (χ3v) is 27.7. The number of benzene rings is 23. The summed E-state index contributed by atoms with van der Waals surface area (Å²) in [6, 6.07) is 177. The van der Waals surface area contributed by atoms with Crippen LogP contribution in [0.3, 0.4) is 0 Å². The number of hydrogen-bond acceptors (Lipinski definition) is 9. The highest BCUT2D eigenvalue weighted by molar-refractivity contribution is 6.13. The monoisotopic (exact) mass is 1810 g/mol. The summed E-state index contributed by atoms with van der Waals surface area (Å²) in [6.07, 6.45) is 0. The molecule has 0 atom stereocenters. The van der Waals surface area contributed by atoms with Crippen LogP contribution in [0.1, 0.15) is 0 Å². The first-order valence-electron chi connectivity index (χ1n) is 47.7. The summed E-state index contributed by atoms with van der Waals surface area (Å²) >= 11 is 0. The first kappa shape index (κ1) is 81.6. The maximum atomic E-state index is 6.91. The van der Waals surface area contributed by atoms with Gasteiger partial charge < -0.3 is 28.4 Å². The molecule has 23 aromatic rings. The van der Waals surface area contributed by atoms with Gasteiger partial charge in [-0.15, -0.1) is 0 Å². The predicted octanol–water partition coefficient (Wildman–Crippen LogP) is 37.9. The van der Waals surface area contributed by atoms with Gasteiger partial charge in [0.05, 0.1) is 34.1 Å². The van der Waals surface area contributed by atoms with Crippen molar-refractivity contribution in [2.24, 2.45) is 0 Å². The summed E-state index contributed by atoms with van der Waals surface area (Å²) in [6.45, 7) is 0. The molecule has 0 radical (unpaired) electrons. The molecule has 6 heterocycles. The third kappa shape index (κ3) is 14.7. The van der Waals surface area contributed by atoms with Crippen molar-refractivity contribution in [2.45, 2.75) is 0 Å². The number of ether oxygens (including phenoxy) is 6. The van der Waals surface area contributed by atoms with Crippen molar-refractivity contribution in [3.63, 3.8) is 0 Å². The first-order valence-corrected chi connectivity index (χ1v) is 47.7. The lowest BCUT2D eigenvalue weighted by Gasteiger charge is -2.38. The summed E-state index contributed by atoms with van der Waals surface area (Å²) in [7, 11) is 0. The van der Waals surface area contributed by atoms with Gasteiger partial charge in [-0.25, -0.2) is 0 Å². The van der Waals surface area contributed by atoms with Gasteiger partial charge in [-0.3, -0.25) is 14.7 Å². The van der Waals surface area contributed by atoms with Gasteiger partial charge >= 0.3 is 0 Å². The lowest BCUT2D eigenvalue weighted by Crippen LogP contribution is -2.20. The van der Waals surface area contributed by atoms with E-state index < -0.39 is 0 Å². The molecule has 6 aliphatic rings. The molecule has 0 spiro atoms. The molecule has 29 rings (SSSR count). The minimum atomic E-state index is 0.758. The molecule has 0 fully saturated rings. The van der Waals surface area contributed by atoms with Crippen molar-refractivity contribution in [1.82, 2.24) is 0 Å². The fourth-order valence-electron chi connectivity index (χ4n) is 20.9. The van der Waals surface area contributed by atoms with Crippen LogP contribution in [0.15, 0.2) is 504 Å². The largest absolute Gasteiger partial charge is 0.453 e. The average molecular weight is 1810 g/mol. The van der Waals surface area contributed by atoms with E-state index in [4.69, 9.17) is 28.4 Å². The van der Waals surface area contributed by atoms with Crippen molar-refractivity contribution >= 4 is 83.5 Å². The smallest absolute Gasteiger partial charge is 0.156 e. The van der Waals surface area contributed by atoms with E-state index in [0.29, 0.717) is 0 Å². The molecule has 0 amide bonds. The maximum absolute atomic E-state index is 6.91. The molecule has 0 aromatic heterocycles. The molecule has 0 bridgehead atoms. The van der Waals surface area contributed by atoms with E-state index >= 15 is 0 Å². The SMILES string of the molecule is c1ccc(-c2ccc(-c3ccc4c(c3)Oc3cc(-c5ccccc5)cc5c3N4c3ccc(-c4ccccc4)cc3O5)cc2)cc1.c1ccc(-c2ccc3c(c2)Oc2cc(-c4ccccc4)cc4c2N3c2ccc(-c3ccccc3)cc2O4)cc1.c1ccc2c(c1)Oc1cc(-c3ccccc3-c3ccc(-c4c5ccccc5cc5ccccc45)cc3)cc3c1N2c1ccc(-c2ccc4ccccc4c2)cc1O3. The van der Waals surface area contributed by atoms with Gasteiger partial charge in [0.1, 0.15) is 17.1 Å². The molecule has 9 nitrogen and oxygen atoms in total. The van der Waals surface area contributed by atoms with Crippen molar-refractivity contribution in [2.75, 3.05) is 14.7 Å². The summed E-state index contributed by atoms with van der Waals surface area (Å²) in [5, 5.41) is 7.45. The van der Waals surface area contributed by atoms with Crippen LogP contribution in [0.5, 0.6) is 69.0 Å². The highest BCUT2D eigenvalue weighted by Crippen LogP contribution is 2.66. The Balaban J connectivity index is 0.000000108. The van der Waals surface area contributed by atoms with Crippen LogP contribution in [0.25, 0.3) is 155 Å². The predicted molar refractivity (Wildman–Crippen MR) is 576 cm³/mol. The van der Waals surface area contributed by atoms with Crippen LogP contribution >= 0.6 is 0 Å². The Labute approximate surface area is 815 Å². The zero-order valence-electron chi connectivity index (χ0n) is 76.2. The van der Waals surface area contributed by atoms with Crippen LogP contribution in [0, 0.1) is 0 Å². The summed E-state index contributed by atoms with van der Waals surface area (Å²) < 4.78 is 40.3. The minimum Gasteiger partial charge on any atom is -0.453 e. The second-order valence-electron chi connectivity index (χ2n) is 36.1. The second kappa shape index (κ2) is 34.1. The van der Waals surface area contributed by atoms with E-state index in [1.807, 2.05) is 48.5 Å². The number of anilines is 9. The lowest BCUT2D eigenvalue weighted by molar-refractivity contribution is 0.446. The zero-order valence-corrected chi connectivity index (χ0v) is 76.2. The maximum Gasteiger partial charge on any atom is 0.156 e. The Morgan fingerprint density at radius 1 is 0.121 bits per heavy atom. The van der Waals surface area contributed by atoms with Crippen LogP contribution in [0.4, 0.5) is 51.2 Å². The normalized spacial score (nSPS) is 12.4. The molecule has 0 saturated carbocycles. The highest BCUT2D eigenvalue weighted by atomic mass is 16.5. The van der Waals surface area contributed by atoms with Gasteiger partial charge in [0.25, 0.3) is 0 Å². The molecule has 662 valence electrons. The fourth-order valence-corrected chi connectivity index (χ4v) is 20.9. The van der Waals surface area contributed by atoms with Gasteiger partial charge in [-0.1, -0.05) is 382 Å². The van der Waals surface area contributed by atoms with E-state index in [9.17, 15) is 0 Å². The van der Waals surface area contributed by atoms with E-state index in [2.05, 4.69) is 470 Å². The van der Waals surface area contributed by atoms with Gasteiger partial charge in [-0.2, -0.15) is 0 Å². The standard InChI is InChI=1S/C54H33NO2.C42H27NO2.C36H23NO2/c1-2-12-37-29-38(26-21-34(37)11-1)39-27-28-48-50(31-39)57-52-33-42(32-51-54(52)55(48)47-19-9-10-20-49(47)56-51)44-16-8-7-15-43(44)35-22-24-36(25-23-35)53-45-17-5-3-13-40(45)30-41-14-4-6-18-46(41)53;1-4-10-28(11-5-1)31-16-18-32(19-17-31)34-21-23-37-39(25-34)45-41-27-35(30-14-8-3-9-15-30)26-40-42(41)43(37)36-22-20-33(24-38(36)44-40)29-12-6-2-7-13-29;1-4-10-24(11-5-1)27-16-18-30-32(20-27)38-34-22-29(26-14-8-3-9-15-26)23-35-36(34)37(30)31-19-17-28(21-33(31)39-35)25-12-6-2-7-13-25/h1-33H;1-27H;1-23H. The third-order valence-electron chi connectivity index (χ3n) is 27.7. The topological polar surface area (TPSA) is 65.1 Å². The molecule has 141 heavy (non-hydrogen) atoms. The Hall–Kier alpha value is -19.0. The number of fused-ring (bicyclic) bond motifs is 15. The van der Waals surface area contributed by atoms with Crippen LogP contribution in [-0.2, 0) is 0 Å². The number of rotatable bonds is 11. The van der Waals surface area contributed by atoms with Crippen molar-refractivity contribution in [3.05, 3.63) is 504 Å². The Kier molecular flexibility index (Phi) is 19.8. The lowest BCUT2D eigenvalue weighted by atomic mass is 9.90. The van der Waals surface area contributed by atoms with E-state index in [1.165, 1.54) is 54.6 Å².